The van der Waals surface area contributed by atoms with E-state index in [-0.39, 0.29) is 6.04 Å². The van der Waals surface area contributed by atoms with Crippen molar-refractivity contribution in [3.05, 3.63) is 41.2 Å². The molecule has 0 amide bonds. The zero-order chi connectivity index (χ0) is 14.1. The van der Waals surface area contributed by atoms with E-state index >= 15 is 0 Å². The molecule has 1 aliphatic carbocycles. The number of phenols is 1. The number of hydrogen-bond acceptors (Lipinski definition) is 4. The molecule has 20 heavy (non-hydrogen) atoms. The fourth-order valence-corrected chi connectivity index (χ4v) is 3.23. The second-order valence-electron chi connectivity index (χ2n) is 5.54. The Kier molecular flexibility index (Phi) is 3.44. The molecule has 1 aromatic carbocycles. The monoisotopic (exact) mass is 272 g/mol. The minimum atomic E-state index is 0.225. The molecule has 0 saturated carbocycles. The van der Waals surface area contributed by atoms with Crippen molar-refractivity contribution in [2.75, 3.05) is 6.54 Å². The van der Waals surface area contributed by atoms with Crippen LogP contribution in [-0.2, 0) is 6.54 Å². The van der Waals surface area contributed by atoms with Crippen molar-refractivity contribution in [3.8, 4) is 5.75 Å². The van der Waals surface area contributed by atoms with Gasteiger partial charge in [-0.3, -0.25) is 4.68 Å². The summed E-state index contributed by atoms with van der Waals surface area (Å²) in [7, 11) is 0. The molecule has 0 aliphatic heterocycles. The predicted molar refractivity (Wildman–Crippen MR) is 76.6 cm³/mol. The Morgan fingerprint density at radius 3 is 3.00 bits per heavy atom. The van der Waals surface area contributed by atoms with E-state index < -0.39 is 0 Å². The summed E-state index contributed by atoms with van der Waals surface area (Å²) in [6.45, 7) is 5.94. The van der Waals surface area contributed by atoms with Crippen LogP contribution >= 0.6 is 0 Å². The number of benzene rings is 1. The number of fused-ring (bicyclic) bond motifs is 1. The van der Waals surface area contributed by atoms with Crippen molar-refractivity contribution in [2.45, 2.75) is 38.8 Å². The van der Waals surface area contributed by atoms with E-state index in [0.29, 0.717) is 11.7 Å². The van der Waals surface area contributed by atoms with Crippen LogP contribution in [0.1, 0.15) is 42.0 Å². The molecule has 0 bridgehead atoms. The summed E-state index contributed by atoms with van der Waals surface area (Å²) in [5.74, 6) is 0.897. The highest BCUT2D eigenvalue weighted by molar-refractivity contribution is 5.50. The van der Waals surface area contributed by atoms with Crippen LogP contribution in [0.5, 0.6) is 5.75 Å². The van der Waals surface area contributed by atoms with Gasteiger partial charge in [0.2, 0.25) is 0 Å². The van der Waals surface area contributed by atoms with E-state index in [4.69, 9.17) is 0 Å². The van der Waals surface area contributed by atoms with Crippen LogP contribution in [0, 0.1) is 6.92 Å². The zero-order valence-corrected chi connectivity index (χ0v) is 11.9. The Hall–Kier alpha value is -1.88. The maximum atomic E-state index is 10.2. The molecule has 2 aromatic rings. The third-order valence-corrected chi connectivity index (χ3v) is 4.12. The van der Waals surface area contributed by atoms with Gasteiger partial charge >= 0.3 is 0 Å². The van der Waals surface area contributed by atoms with Gasteiger partial charge in [-0.2, -0.15) is 0 Å². The molecule has 3 rings (SSSR count). The number of nitrogens with zero attached hydrogens (tertiary/aromatic N) is 3. The summed E-state index contributed by atoms with van der Waals surface area (Å²) in [5.41, 5.74) is 3.66. The summed E-state index contributed by atoms with van der Waals surface area (Å²) >= 11 is 0. The summed E-state index contributed by atoms with van der Waals surface area (Å²) in [6, 6.07) is 4.03. The minimum Gasteiger partial charge on any atom is -0.508 e. The molecule has 5 heteroatoms. The first-order valence-electron chi connectivity index (χ1n) is 7.06. The first-order valence-corrected chi connectivity index (χ1v) is 7.06. The summed E-state index contributed by atoms with van der Waals surface area (Å²) in [4.78, 5) is 0. The molecule has 0 fully saturated rings. The first-order chi connectivity index (χ1) is 9.66. The van der Waals surface area contributed by atoms with Gasteiger partial charge in [0, 0.05) is 24.3 Å². The van der Waals surface area contributed by atoms with Gasteiger partial charge in [-0.1, -0.05) is 18.2 Å². The molecule has 2 atom stereocenters. The number of hydrogen-bond donors (Lipinski definition) is 2. The van der Waals surface area contributed by atoms with Gasteiger partial charge in [-0.25, -0.2) is 0 Å². The Labute approximate surface area is 118 Å². The zero-order valence-electron chi connectivity index (χ0n) is 11.9. The van der Waals surface area contributed by atoms with Gasteiger partial charge < -0.3 is 10.4 Å². The van der Waals surface area contributed by atoms with Crippen LogP contribution in [0.2, 0.25) is 0 Å². The van der Waals surface area contributed by atoms with Gasteiger partial charge in [0.05, 0.1) is 12.7 Å². The van der Waals surface area contributed by atoms with Crippen LogP contribution in [0.3, 0.4) is 0 Å². The highest BCUT2D eigenvalue weighted by atomic mass is 16.3. The fourth-order valence-electron chi connectivity index (χ4n) is 3.23. The van der Waals surface area contributed by atoms with E-state index in [2.05, 4.69) is 29.5 Å². The van der Waals surface area contributed by atoms with Crippen LogP contribution in [-0.4, -0.2) is 26.6 Å². The van der Waals surface area contributed by atoms with Gasteiger partial charge in [-0.05, 0) is 36.5 Å². The maximum Gasteiger partial charge on any atom is 0.120 e. The molecule has 1 aliphatic rings. The topological polar surface area (TPSA) is 63.0 Å². The predicted octanol–water partition coefficient (Wildman–Crippen LogP) is 2.13. The van der Waals surface area contributed by atoms with E-state index in [1.54, 1.807) is 12.3 Å². The molecule has 2 N–H and O–H groups in total. The number of aromatic nitrogens is 3. The smallest absolute Gasteiger partial charge is 0.120 e. The van der Waals surface area contributed by atoms with E-state index in [9.17, 15) is 5.11 Å². The van der Waals surface area contributed by atoms with E-state index in [0.717, 1.165) is 25.1 Å². The quantitative estimate of drug-likeness (QED) is 0.895. The lowest BCUT2D eigenvalue weighted by Crippen LogP contribution is -2.24. The van der Waals surface area contributed by atoms with Crippen LogP contribution < -0.4 is 5.32 Å². The highest BCUT2D eigenvalue weighted by Gasteiger charge is 2.31. The standard InChI is InChI=1S/C15H20N4O/c1-10-3-4-13(20)15-12(9-11(2)14(10)15)16-5-7-19-8-6-17-18-19/h3-4,6,8,11-12,16,20H,5,7,9H2,1-2H3. The van der Waals surface area contributed by atoms with Crippen molar-refractivity contribution in [1.82, 2.24) is 20.3 Å². The van der Waals surface area contributed by atoms with Crippen molar-refractivity contribution in [1.29, 1.82) is 0 Å². The number of rotatable bonds is 4. The molecular formula is C15H20N4O. The van der Waals surface area contributed by atoms with E-state index in [1.807, 2.05) is 16.9 Å². The normalized spacial score (nSPS) is 21.1. The van der Waals surface area contributed by atoms with Gasteiger partial charge in [-0.15, -0.1) is 5.10 Å². The molecule has 106 valence electrons. The van der Waals surface area contributed by atoms with Crippen LogP contribution in [0.4, 0.5) is 0 Å². The van der Waals surface area contributed by atoms with Crippen molar-refractivity contribution < 1.29 is 5.11 Å². The second kappa shape index (κ2) is 5.25. The molecule has 0 saturated heterocycles. The maximum absolute atomic E-state index is 10.2. The Morgan fingerprint density at radius 2 is 2.25 bits per heavy atom. The average Bonchev–Trinajstić information content (AvgIpc) is 3.03. The lowest BCUT2D eigenvalue weighted by Gasteiger charge is -2.15. The fraction of sp³-hybridized carbons (Fsp3) is 0.467. The largest absolute Gasteiger partial charge is 0.508 e. The first kappa shape index (κ1) is 13.1. The van der Waals surface area contributed by atoms with Gasteiger partial charge in [0.15, 0.2) is 0 Å². The van der Waals surface area contributed by atoms with E-state index in [1.165, 1.54) is 11.1 Å². The summed E-state index contributed by atoms with van der Waals surface area (Å²) in [6.07, 6.45) is 4.57. The highest BCUT2D eigenvalue weighted by Crippen LogP contribution is 2.45. The summed E-state index contributed by atoms with van der Waals surface area (Å²) < 4.78 is 1.81. The number of phenolic OH excluding ortho intramolecular Hbond substituents is 1. The average molecular weight is 272 g/mol. The molecule has 5 nitrogen and oxygen atoms in total. The lowest BCUT2D eigenvalue weighted by molar-refractivity contribution is 0.434. The Balaban J connectivity index is 1.73. The Bertz CT molecular complexity index is 594. The number of nitrogens with one attached hydrogen (secondary N) is 1. The minimum absolute atomic E-state index is 0.225. The molecule has 1 heterocycles. The molecule has 0 radical (unpaired) electrons. The van der Waals surface area contributed by atoms with Gasteiger partial charge in [0.1, 0.15) is 5.75 Å². The van der Waals surface area contributed by atoms with Gasteiger partial charge in [0.25, 0.3) is 0 Å². The second-order valence-corrected chi connectivity index (χ2v) is 5.54. The van der Waals surface area contributed by atoms with Crippen molar-refractivity contribution >= 4 is 0 Å². The number of aryl methyl sites for hydroxylation is 1. The SMILES string of the molecule is Cc1ccc(O)c2c1C(C)CC2NCCn1ccnn1. The molecule has 0 spiro atoms. The third kappa shape index (κ3) is 2.29. The molecular weight excluding hydrogens is 252 g/mol. The van der Waals surface area contributed by atoms with Crippen molar-refractivity contribution in [2.24, 2.45) is 0 Å². The molecule has 2 unspecified atom stereocenters. The Morgan fingerprint density at radius 1 is 1.40 bits per heavy atom. The van der Waals surface area contributed by atoms with Crippen molar-refractivity contribution in [3.63, 3.8) is 0 Å². The lowest BCUT2D eigenvalue weighted by atomic mass is 9.97. The third-order valence-electron chi connectivity index (χ3n) is 4.12. The van der Waals surface area contributed by atoms with Crippen LogP contribution in [0.15, 0.2) is 24.5 Å². The summed E-state index contributed by atoms with van der Waals surface area (Å²) in [5, 5.41) is 21.4. The van der Waals surface area contributed by atoms with Crippen LogP contribution in [0.25, 0.3) is 0 Å². The molecule has 1 aromatic heterocycles. The number of aromatic hydroxyl groups is 1.